The number of halogens is 2. The molecule has 3 heterocycles. The highest BCUT2D eigenvalue weighted by Gasteiger charge is 2.39. The van der Waals surface area contributed by atoms with E-state index in [0.29, 0.717) is 26.8 Å². The predicted octanol–water partition coefficient (Wildman–Crippen LogP) is 2.93. The largest absolute Gasteiger partial charge is 0.331 e. The van der Waals surface area contributed by atoms with Crippen LogP contribution in [-0.2, 0) is 13.0 Å². The van der Waals surface area contributed by atoms with Crippen molar-refractivity contribution in [1.82, 2.24) is 24.5 Å². The number of fused-ring (bicyclic) bond motifs is 1. The second kappa shape index (κ2) is 6.45. The van der Waals surface area contributed by atoms with Gasteiger partial charge in [0.05, 0.1) is 17.4 Å². The maximum atomic E-state index is 15.1. The summed E-state index contributed by atoms with van der Waals surface area (Å²) >= 11 is 0. The fourth-order valence-corrected chi connectivity index (χ4v) is 2.84. The summed E-state index contributed by atoms with van der Waals surface area (Å²) in [6.07, 6.45) is 4.79. The minimum absolute atomic E-state index is 0.320. The molecule has 0 unspecified atom stereocenters. The van der Waals surface area contributed by atoms with E-state index in [1.165, 1.54) is 36.5 Å². The molecule has 0 aliphatic heterocycles. The Balaban J connectivity index is 1.77. The molecule has 7 nitrogen and oxygen atoms in total. The van der Waals surface area contributed by atoms with E-state index in [-0.39, 0.29) is 11.1 Å². The maximum Gasteiger partial charge on any atom is 0.331 e. The van der Waals surface area contributed by atoms with Crippen LogP contribution >= 0.6 is 0 Å². The molecule has 0 saturated carbocycles. The molecule has 1 aromatic carbocycles. The average molecular weight is 379 g/mol. The Bertz CT molecular complexity index is 1260. The van der Waals surface area contributed by atoms with Crippen molar-refractivity contribution >= 4 is 16.7 Å². The summed E-state index contributed by atoms with van der Waals surface area (Å²) in [6, 6.07) is 10.2. The number of nitrogens with zero attached hydrogens (tertiary/aromatic N) is 5. The van der Waals surface area contributed by atoms with Crippen molar-refractivity contribution in [3.8, 4) is 11.3 Å². The summed E-state index contributed by atoms with van der Waals surface area (Å²) < 4.78 is 32.3. The molecule has 28 heavy (non-hydrogen) atoms. The Hall–Kier alpha value is -3.75. The van der Waals surface area contributed by atoms with Gasteiger partial charge in [0, 0.05) is 36.0 Å². The zero-order valence-corrected chi connectivity index (χ0v) is 14.8. The first-order chi connectivity index (χ1) is 13.4. The molecular formula is C19H15F2N7. The monoisotopic (exact) mass is 379 g/mol. The summed E-state index contributed by atoms with van der Waals surface area (Å²) in [5.41, 5.74) is 0.842. The van der Waals surface area contributed by atoms with Crippen LogP contribution in [0.5, 0.6) is 0 Å². The lowest BCUT2D eigenvalue weighted by Gasteiger charge is -2.19. The number of alkyl halides is 2. The van der Waals surface area contributed by atoms with Crippen LogP contribution in [0, 0.1) is 10.8 Å². The van der Waals surface area contributed by atoms with Gasteiger partial charge in [-0.1, -0.05) is 12.1 Å². The van der Waals surface area contributed by atoms with Crippen LogP contribution in [0.1, 0.15) is 5.56 Å². The Morgan fingerprint density at radius 3 is 2.71 bits per heavy atom. The zero-order valence-electron chi connectivity index (χ0n) is 14.8. The molecule has 0 aliphatic carbocycles. The molecule has 3 aromatic heterocycles. The standard InChI is InChI=1S/C19H15F2N7/c1-27-11-13(10-25-27)16-6-7-17(22)28(26-16)18(23)19(20,21)14-4-5-15-12(9-14)3-2-8-24-15/h2-11,22-23H,1H3. The lowest BCUT2D eigenvalue weighted by Crippen LogP contribution is -2.39. The van der Waals surface area contributed by atoms with Crippen molar-refractivity contribution < 1.29 is 8.78 Å². The Labute approximate surface area is 157 Å². The van der Waals surface area contributed by atoms with Crippen molar-refractivity contribution in [1.29, 1.82) is 10.8 Å². The molecule has 0 amide bonds. The van der Waals surface area contributed by atoms with Crippen LogP contribution in [0.4, 0.5) is 8.78 Å². The second-order valence-electron chi connectivity index (χ2n) is 6.25. The van der Waals surface area contributed by atoms with Gasteiger partial charge < -0.3 is 0 Å². The van der Waals surface area contributed by atoms with Gasteiger partial charge in [-0.05, 0) is 30.3 Å². The van der Waals surface area contributed by atoms with Gasteiger partial charge in [-0.15, -0.1) is 0 Å². The molecule has 0 spiro atoms. The zero-order chi connectivity index (χ0) is 19.9. The molecular weight excluding hydrogens is 364 g/mol. The SMILES string of the molecule is Cn1cc(-c2ccc(=N)n(C(=N)C(F)(F)c3ccc4ncccc4c3)n2)cn1. The highest BCUT2D eigenvalue weighted by atomic mass is 19.3. The van der Waals surface area contributed by atoms with Gasteiger partial charge in [0.2, 0.25) is 0 Å². The number of aryl methyl sites for hydroxylation is 1. The van der Waals surface area contributed by atoms with Gasteiger partial charge in [0.25, 0.3) is 0 Å². The van der Waals surface area contributed by atoms with E-state index in [2.05, 4.69) is 15.2 Å². The Morgan fingerprint density at radius 1 is 1.14 bits per heavy atom. The quantitative estimate of drug-likeness (QED) is 0.423. The molecule has 4 aromatic rings. The first-order valence-electron chi connectivity index (χ1n) is 8.33. The lowest BCUT2D eigenvalue weighted by molar-refractivity contribution is 0.0697. The van der Waals surface area contributed by atoms with Gasteiger partial charge in [0.1, 0.15) is 5.49 Å². The van der Waals surface area contributed by atoms with Crippen molar-refractivity contribution in [2.45, 2.75) is 5.92 Å². The number of pyridine rings is 1. The number of hydrogen-bond acceptors (Lipinski definition) is 5. The first kappa shape index (κ1) is 17.7. The smallest absolute Gasteiger partial charge is 0.283 e. The third kappa shape index (κ3) is 2.96. The van der Waals surface area contributed by atoms with E-state index in [4.69, 9.17) is 10.8 Å². The van der Waals surface area contributed by atoms with E-state index in [1.807, 2.05) is 0 Å². The third-order valence-corrected chi connectivity index (χ3v) is 4.31. The number of hydrogen-bond donors (Lipinski definition) is 2. The molecule has 0 saturated heterocycles. The van der Waals surface area contributed by atoms with Crippen LogP contribution in [0.15, 0.2) is 61.1 Å². The normalized spacial score (nSPS) is 11.7. The molecule has 4 rings (SSSR count). The van der Waals surface area contributed by atoms with Crippen LogP contribution in [0.25, 0.3) is 22.2 Å². The van der Waals surface area contributed by atoms with Gasteiger partial charge in [-0.2, -0.15) is 23.7 Å². The fraction of sp³-hybridized carbons (Fsp3) is 0.105. The lowest BCUT2D eigenvalue weighted by atomic mass is 10.0. The van der Waals surface area contributed by atoms with Crippen LogP contribution in [0.3, 0.4) is 0 Å². The molecule has 0 atom stereocenters. The molecule has 140 valence electrons. The van der Waals surface area contributed by atoms with Crippen LogP contribution < -0.4 is 5.49 Å². The summed E-state index contributed by atoms with van der Waals surface area (Å²) in [4.78, 5) is 4.11. The number of rotatable bonds is 3. The highest BCUT2D eigenvalue weighted by molar-refractivity contribution is 5.90. The van der Waals surface area contributed by atoms with E-state index in [9.17, 15) is 0 Å². The fourth-order valence-electron chi connectivity index (χ4n) is 2.84. The minimum Gasteiger partial charge on any atom is -0.283 e. The van der Waals surface area contributed by atoms with Gasteiger partial charge in [0.15, 0.2) is 5.84 Å². The summed E-state index contributed by atoms with van der Waals surface area (Å²) in [5.74, 6) is -4.75. The second-order valence-corrected chi connectivity index (χ2v) is 6.25. The van der Waals surface area contributed by atoms with Crippen molar-refractivity contribution in [2.75, 3.05) is 0 Å². The molecule has 0 radical (unpaired) electrons. The Morgan fingerprint density at radius 2 is 1.96 bits per heavy atom. The highest BCUT2D eigenvalue weighted by Crippen LogP contribution is 2.31. The van der Waals surface area contributed by atoms with Gasteiger partial charge in [-0.25, -0.2) is 0 Å². The summed E-state index contributed by atoms with van der Waals surface area (Å²) in [6.45, 7) is 0. The van der Waals surface area contributed by atoms with Crippen molar-refractivity contribution in [3.63, 3.8) is 0 Å². The Kier molecular flexibility index (Phi) is 4.07. The molecule has 0 bridgehead atoms. The first-order valence-corrected chi connectivity index (χ1v) is 8.33. The maximum absolute atomic E-state index is 15.1. The molecule has 0 fully saturated rings. The average Bonchev–Trinajstić information content (AvgIpc) is 3.13. The topological polar surface area (TPSA) is 96.2 Å². The van der Waals surface area contributed by atoms with Crippen molar-refractivity contribution in [3.05, 3.63) is 72.1 Å². The van der Waals surface area contributed by atoms with E-state index < -0.39 is 11.8 Å². The molecule has 9 heteroatoms. The summed E-state index contributed by atoms with van der Waals surface area (Å²) in [7, 11) is 1.72. The summed E-state index contributed by atoms with van der Waals surface area (Å²) in [5, 5.41) is 24.7. The molecule has 0 aliphatic rings. The van der Waals surface area contributed by atoms with Crippen LogP contribution in [-0.4, -0.2) is 30.4 Å². The van der Waals surface area contributed by atoms with E-state index in [1.54, 1.807) is 36.3 Å². The van der Waals surface area contributed by atoms with Crippen LogP contribution in [0.2, 0.25) is 0 Å². The van der Waals surface area contributed by atoms with E-state index in [0.717, 1.165) is 0 Å². The van der Waals surface area contributed by atoms with Crippen molar-refractivity contribution in [2.24, 2.45) is 7.05 Å². The molecule has 2 N–H and O–H groups in total. The predicted molar refractivity (Wildman–Crippen MR) is 99.0 cm³/mol. The van der Waals surface area contributed by atoms with E-state index >= 15 is 8.78 Å². The number of benzene rings is 1. The number of nitrogens with one attached hydrogen (secondary N) is 2. The van der Waals surface area contributed by atoms with Gasteiger partial charge in [-0.3, -0.25) is 20.5 Å². The minimum atomic E-state index is -3.65. The van der Waals surface area contributed by atoms with Gasteiger partial charge >= 0.3 is 5.92 Å². The number of aromatic nitrogens is 5. The third-order valence-electron chi connectivity index (χ3n) is 4.31.